The molecule has 0 heterocycles. The highest BCUT2D eigenvalue weighted by Crippen LogP contribution is 2.37. The molecule has 0 aliphatic carbocycles. The fraction of sp³-hybridized carbons (Fsp3) is 0.143. The highest BCUT2D eigenvalue weighted by molar-refractivity contribution is 5.70. The molecule has 3 heteroatoms. The van der Waals surface area contributed by atoms with Crippen LogP contribution >= 0.6 is 0 Å². The zero-order chi connectivity index (χ0) is 12.5. The summed E-state index contributed by atoms with van der Waals surface area (Å²) in [6.45, 7) is 1.80. The molecule has 0 spiro atoms. The van der Waals surface area contributed by atoms with Gasteiger partial charge in [0.15, 0.2) is 0 Å². The van der Waals surface area contributed by atoms with E-state index in [2.05, 4.69) is 6.07 Å². The predicted molar refractivity (Wildman–Crippen MR) is 60.5 cm³/mol. The average Bonchev–Trinajstić information content (AvgIpc) is 2.28. The van der Waals surface area contributed by atoms with Crippen LogP contribution in [0.1, 0.15) is 11.1 Å². The first-order valence-corrected chi connectivity index (χ1v) is 5.13. The molecular weight excluding hydrogens is 225 g/mol. The lowest BCUT2D eigenvalue weighted by atomic mass is 9.96. The van der Waals surface area contributed by atoms with Gasteiger partial charge in [0.05, 0.1) is 5.56 Å². The molecule has 2 aromatic rings. The van der Waals surface area contributed by atoms with Gasteiger partial charge in [-0.15, -0.1) is 0 Å². The molecule has 2 aromatic carbocycles. The number of hydrogen-bond donors (Lipinski definition) is 0. The number of hydrogen-bond acceptors (Lipinski definition) is 0. The molecular formula is C14H10F3. The van der Waals surface area contributed by atoms with E-state index in [0.717, 1.165) is 11.6 Å². The molecule has 0 fully saturated rings. The van der Waals surface area contributed by atoms with Gasteiger partial charge in [0, 0.05) is 0 Å². The largest absolute Gasteiger partial charge is 0.417 e. The van der Waals surface area contributed by atoms with Crippen LogP contribution in [0.3, 0.4) is 0 Å². The van der Waals surface area contributed by atoms with Crippen molar-refractivity contribution in [1.82, 2.24) is 0 Å². The Labute approximate surface area is 97.7 Å². The summed E-state index contributed by atoms with van der Waals surface area (Å²) in [6.07, 6.45) is -4.35. The first-order valence-electron chi connectivity index (χ1n) is 5.13. The summed E-state index contributed by atoms with van der Waals surface area (Å²) in [6, 6.07) is 13.4. The van der Waals surface area contributed by atoms with Crippen molar-refractivity contribution in [3.63, 3.8) is 0 Å². The first-order chi connectivity index (χ1) is 8.00. The van der Waals surface area contributed by atoms with Gasteiger partial charge in [0.25, 0.3) is 0 Å². The normalized spacial score (nSPS) is 11.5. The lowest BCUT2D eigenvalue weighted by Crippen LogP contribution is -2.07. The fourth-order valence-corrected chi connectivity index (χ4v) is 1.77. The Morgan fingerprint density at radius 1 is 1.00 bits per heavy atom. The maximum Gasteiger partial charge on any atom is 0.417 e. The summed E-state index contributed by atoms with van der Waals surface area (Å²) >= 11 is 0. The molecule has 0 amide bonds. The third-order valence-electron chi connectivity index (χ3n) is 2.60. The van der Waals surface area contributed by atoms with Crippen LogP contribution in [0.15, 0.2) is 42.5 Å². The predicted octanol–water partition coefficient (Wildman–Crippen LogP) is 4.48. The van der Waals surface area contributed by atoms with Crippen molar-refractivity contribution in [2.75, 3.05) is 0 Å². The van der Waals surface area contributed by atoms with E-state index in [0.29, 0.717) is 5.56 Å². The summed E-state index contributed by atoms with van der Waals surface area (Å²) in [5, 5.41) is 0. The second-order valence-corrected chi connectivity index (χ2v) is 3.78. The minimum absolute atomic E-state index is 0.203. The molecule has 2 rings (SSSR count). The van der Waals surface area contributed by atoms with Gasteiger partial charge in [-0.05, 0) is 35.7 Å². The van der Waals surface area contributed by atoms with Gasteiger partial charge in [-0.3, -0.25) is 0 Å². The minimum atomic E-state index is -4.35. The van der Waals surface area contributed by atoms with Crippen LogP contribution in [-0.4, -0.2) is 0 Å². The molecule has 0 saturated carbocycles. The number of benzene rings is 2. The van der Waals surface area contributed by atoms with Gasteiger partial charge in [0.2, 0.25) is 0 Å². The van der Waals surface area contributed by atoms with E-state index in [4.69, 9.17) is 0 Å². The van der Waals surface area contributed by atoms with Crippen LogP contribution < -0.4 is 0 Å². The zero-order valence-electron chi connectivity index (χ0n) is 9.18. The lowest BCUT2D eigenvalue weighted by Gasteiger charge is -2.14. The SMILES string of the molecule is Cc1ccccc1-c1cc[c]cc1C(F)(F)F. The Bertz CT molecular complexity index is 527. The van der Waals surface area contributed by atoms with E-state index < -0.39 is 11.7 Å². The van der Waals surface area contributed by atoms with Crippen LogP contribution in [0.5, 0.6) is 0 Å². The zero-order valence-corrected chi connectivity index (χ0v) is 9.18. The second-order valence-electron chi connectivity index (χ2n) is 3.78. The molecule has 0 bridgehead atoms. The molecule has 0 N–H and O–H groups in total. The number of halogens is 3. The Hall–Kier alpha value is -1.77. The summed E-state index contributed by atoms with van der Waals surface area (Å²) < 4.78 is 38.5. The third kappa shape index (κ3) is 2.33. The monoisotopic (exact) mass is 235 g/mol. The molecule has 17 heavy (non-hydrogen) atoms. The molecule has 0 unspecified atom stereocenters. The fourth-order valence-electron chi connectivity index (χ4n) is 1.77. The standard InChI is InChI=1S/C14H10F3/c1-10-6-2-3-7-11(10)12-8-4-5-9-13(12)14(15,16)17/h2-4,6-9H,1H3. The molecule has 1 radical (unpaired) electrons. The van der Waals surface area contributed by atoms with Crippen LogP contribution in [-0.2, 0) is 6.18 Å². The highest BCUT2D eigenvalue weighted by Gasteiger charge is 2.33. The van der Waals surface area contributed by atoms with Gasteiger partial charge in [-0.2, -0.15) is 13.2 Å². The van der Waals surface area contributed by atoms with E-state index in [1.54, 1.807) is 31.2 Å². The Kier molecular flexibility index (Phi) is 2.92. The number of alkyl halides is 3. The van der Waals surface area contributed by atoms with Crippen molar-refractivity contribution < 1.29 is 13.2 Å². The van der Waals surface area contributed by atoms with E-state index in [1.165, 1.54) is 12.1 Å². The molecule has 0 aromatic heterocycles. The second kappa shape index (κ2) is 4.24. The van der Waals surface area contributed by atoms with Crippen molar-refractivity contribution in [1.29, 1.82) is 0 Å². The first kappa shape index (κ1) is 11.7. The summed E-state index contributed by atoms with van der Waals surface area (Å²) in [5.74, 6) is 0. The van der Waals surface area contributed by atoms with E-state index in [9.17, 15) is 13.2 Å². The molecule has 0 atom stereocenters. The van der Waals surface area contributed by atoms with Gasteiger partial charge in [-0.1, -0.05) is 36.4 Å². The summed E-state index contributed by atoms with van der Waals surface area (Å²) in [5.41, 5.74) is 0.988. The maximum atomic E-state index is 12.8. The summed E-state index contributed by atoms with van der Waals surface area (Å²) in [4.78, 5) is 0. The van der Waals surface area contributed by atoms with Crippen molar-refractivity contribution >= 4 is 0 Å². The van der Waals surface area contributed by atoms with Crippen molar-refractivity contribution in [3.8, 4) is 11.1 Å². The van der Waals surface area contributed by atoms with Gasteiger partial charge in [-0.25, -0.2) is 0 Å². The number of aryl methyl sites for hydroxylation is 1. The molecule has 0 nitrogen and oxygen atoms in total. The van der Waals surface area contributed by atoms with Crippen molar-refractivity contribution in [2.24, 2.45) is 0 Å². The molecule has 87 valence electrons. The van der Waals surface area contributed by atoms with Crippen LogP contribution in [0.25, 0.3) is 11.1 Å². The van der Waals surface area contributed by atoms with Crippen LogP contribution in [0.4, 0.5) is 13.2 Å². The smallest absolute Gasteiger partial charge is 0.166 e. The number of rotatable bonds is 1. The van der Waals surface area contributed by atoms with E-state index >= 15 is 0 Å². The molecule has 0 aliphatic rings. The summed E-state index contributed by atoms with van der Waals surface area (Å²) in [7, 11) is 0. The highest BCUT2D eigenvalue weighted by atomic mass is 19.4. The minimum Gasteiger partial charge on any atom is -0.166 e. The van der Waals surface area contributed by atoms with E-state index in [-0.39, 0.29) is 5.56 Å². The van der Waals surface area contributed by atoms with Gasteiger partial charge >= 0.3 is 6.18 Å². The quantitative estimate of drug-likeness (QED) is 0.683. The molecule has 0 aliphatic heterocycles. The van der Waals surface area contributed by atoms with Crippen molar-refractivity contribution in [3.05, 3.63) is 59.7 Å². The molecule has 0 saturated heterocycles. The lowest BCUT2D eigenvalue weighted by molar-refractivity contribution is -0.137. The van der Waals surface area contributed by atoms with Crippen LogP contribution in [0, 0.1) is 13.0 Å². The van der Waals surface area contributed by atoms with Crippen LogP contribution in [0.2, 0.25) is 0 Å². The Balaban J connectivity index is 2.65. The van der Waals surface area contributed by atoms with Gasteiger partial charge < -0.3 is 0 Å². The topological polar surface area (TPSA) is 0 Å². The van der Waals surface area contributed by atoms with Gasteiger partial charge in [0.1, 0.15) is 0 Å². The maximum absolute atomic E-state index is 12.8. The van der Waals surface area contributed by atoms with Crippen molar-refractivity contribution in [2.45, 2.75) is 13.1 Å². The Morgan fingerprint density at radius 2 is 1.71 bits per heavy atom. The average molecular weight is 235 g/mol. The third-order valence-corrected chi connectivity index (χ3v) is 2.60. The van der Waals surface area contributed by atoms with E-state index in [1.807, 2.05) is 0 Å². The Morgan fingerprint density at radius 3 is 2.35 bits per heavy atom.